The molecular formula is C19H16F3N3O3. The van der Waals surface area contributed by atoms with Crippen LogP contribution in [0.1, 0.15) is 29.2 Å². The standard InChI is InChI=1S/C19H16F3N3O3/c1-11(18(27)24-23)15-8-3-4-9-16(15)17(25-28-12(2)26)13-6-5-7-14(10-13)19(20,21)22/h3-10H,1,23H2,2H3,(H,24,27). The maximum Gasteiger partial charge on any atom is 0.416 e. The number of nitrogens with one attached hydrogen (secondary N) is 1. The van der Waals surface area contributed by atoms with E-state index in [1.165, 1.54) is 24.3 Å². The first-order chi connectivity index (χ1) is 13.1. The van der Waals surface area contributed by atoms with Crippen LogP contribution in [0.3, 0.4) is 0 Å². The first-order valence-corrected chi connectivity index (χ1v) is 7.88. The average molecular weight is 391 g/mol. The summed E-state index contributed by atoms with van der Waals surface area (Å²) < 4.78 is 39.3. The minimum Gasteiger partial charge on any atom is -0.318 e. The summed E-state index contributed by atoms with van der Waals surface area (Å²) in [5, 5.41) is 3.71. The predicted octanol–water partition coefficient (Wildman–Crippen LogP) is 3.02. The average Bonchev–Trinajstić information content (AvgIpc) is 2.66. The summed E-state index contributed by atoms with van der Waals surface area (Å²) in [5.74, 6) is 3.67. The summed E-state index contributed by atoms with van der Waals surface area (Å²) in [6, 6.07) is 10.6. The number of nitrogens with two attached hydrogens (primary N) is 1. The van der Waals surface area contributed by atoms with Gasteiger partial charge < -0.3 is 4.84 Å². The Balaban J connectivity index is 2.68. The summed E-state index contributed by atoms with van der Waals surface area (Å²) in [7, 11) is 0. The van der Waals surface area contributed by atoms with Crippen molar-refractivity contribution in [3.63, 3.8) is 0 Å². The normalized spacial score (nSPS) is 11.7. The number of hydrogen-bond acceptors (Lipinski definition) is 5. The van der Waals surface area contributed by atoms with Crippen molar-refractivity contribution in [2.45, 2.75) is 13.1 Å². The van der Waals surface area contributed by atoms with E-state index in [0.717, 1.165) is 19.1 Å². The number of amides is 1. The summed E-state index contributed by atoms with van der Waals surface area (Å²) >= 11 is 0. The largest absolute Gasteiger partial charge is 0.416 e. The number of hydrazine groups is 1. The van der Waals surface area contributed by atoms with Gasteiger partial charge in [0.2, 0.25) is 0 Å². The van der Waals surface area contributed by atoms with Gasteiger partial charge in [0.25, 0.3) is 5.91 Å². The molecule has 0 spiro atoms. The van der Waals surface area contributed by atoms with Gasteiger partial charge in [0, 0.05) is 23.6 Å². The van der Waals surface area contributed by atoms with E-state index in [2.05, 4.69) is 16.6 Å². The SMILES string of the molecule is C=C(C(=O)NN)c1ccccc1C(=NOC(C)=O)c1cccc(C(F)(F)F)c1. The quantitative estimate of drug-likeness (QED) is 0.205. The number of carbonyl (C=O) groups is 2. The maximum absolute atomic E-state index is 13.1. The minimum absolute atomic E-state index is 0.0319. The topological polar surface area (TPSA) is 93.8 Å². The molecule has 0 heterocycles. The number of oxime groups is 1. The van der Waals surface area contributed by atoms with Crippen LogP contribution in [0.25, 0.3) is 5.57 Å². The van der Waals surface area contributed by atoms with Gasteiger partial charge in [-0.15, -0.1) is 0 Å². The van der Waals surface area contributed by atoms with E-state index < -0.39 is 23.6 Å². The van der Waals surface area contributed by atoms with Crippen molar-refractivity contribution in [2.24, 2.45) is 11.0 Å². The van der Waals surface area contributed by atoms with Crippen LogP contribution in [0.15, 0.2) is 60.3 Å². The molecule has 28 heavy (non-hydrogen) atoms. The molecule has 3 N–H and O–H groups in total. The van der Waals surface area contributed by atoms with E-state index in [0.29, 0.717) is 0 Å². The van der Waals surface area contributed by atoms with Gasteiger partial charge in [-0.3, -0.25) is 10.2 Å². The molecule has 1 amide bonds. The Hall–Kier alpha value is -3.46. The van der Waals surface area contributed by atoms with Gasteiger partial charge in [-0.1, -0.05) is 48.1 Å². The second-order valence-corrected chi connectivity index (χ2v) is 5.60. The van der Waals surface area contributed by atoms with Crippen LogP contribution >= 0.6 is 0 Å². The second kappa shape index (κ2) is 8.49. The molecule has 9 heteroatoms. The van der Waals surface area contributed by atoms with Crippen LogP contribution in [0.2, 0.25) is 0 Å². The number of benzene rings is 2. The lowest BCUT2D eigenvalue weighted by Crippen LogP contribution is -2.30. The monoisotopic (exact) mass is 391 g/mol. The van der Waals surface area contributed by atoms with Crippen LogP contribution in [0.4, 0.5) is 13.2 Å². The van der Waals surface area contributed by atoms with Gasteiger partial charge >= 0.3 is 12.1 Å². The molecule has 0 radical (unpaired) electrons. The zero-order valence-corrected chi connectivity index (χ0v) is 14.7. The van der Waals surface area contributed by atoms with Gasteiger partial charge in [-0.2, -0.15) is 13.2 Å². The molecule has 0 bridgehead atoms. The van der Waals surface area contributed by atoms with E-state index in [1.807, 2.05) is 5.43 Å². The highest BCUT2D eigenvalue weighted by Gasteiger charge is 2.31. The number of hydrogen-bond donors (Lipinski definition) is 2. The van der Waals surface area contributed by atoms with E-state index >= 15 is 0 Å². The third-order valence-corrected chi connectivity index (χ3v) is 3.64. The highest BCUT2D eigenvalue weighted by atomic mass is 19.4. The van der Waals surface area contributed by atoms with Crippen molar-refractivity contribution in [3.05, 3.63) is 77.4 Å². The van der Waals surface area contributed by atoms with Crippen molar-refractivity contribution < 1.29 is 27.6 Å². The number of alkyl halides is 3. The first-order valence-electron chi connectivity index (χ1n) is 7.88. The third-order valence-electron chi connectivity index (χ3n) is 3.64. The molecule has 0 atom stereocenters. The van der Waals surface area contributed by atoms with E-state index in [4.69, 9.17) is 5.84 Å². The van der Waals surface area contributed by atoms with E-state index in [1.54, 1.807) is 12.1 Å². The Morgan fingerprint density at radius 2 is 1.75 bits per heavy atom. The lowest BCUT2D eigenvalue weighted by molar-refractivity contribution is -0.141. The Labute approximate surface area is 158 Å². The molecule has 0 unspecified atom stereocenters. The molecule has 6 nitrogen and oxygen atoms in total. The maximum atomic E-state index is 13.1. The van der Waals surface area contributed by atoms with Gasteiger partial charge in [0.1, 0.15) is 5.71 Å². The number of halogens is 3. The fourth-order valence-electron chi connectivity index (χ4n) is 2.37. The van der Waals surface area contributed by atoms with Crippen molar-refractivity contribution >= 4 is 23.2 Å². The van der Waals surface area contributed by atoms with Crippen molar-refractivity contribution in [1.82, 2.24) is 5.43 Å². The summed E-state index contributed by atoms with van der Waals surface area (Å²) in [6.45, 7) is 4.75. The predicted molar refractivity (Wildman–Crippen MR) is 96.7 cm³/mol. The third kappa shape index (κ3) is 4.83. The van der Waals surface area contributed by atoms with Gasteiger partial charge in [-0.05, 0) is 17.7 Å². The van der Waals surface area contributed by atoms with E-state index in [9.17, 15) is 22.8 Å². The van der Waals surface area contributed by atoms with Gasteiger partial charge in [0.15, 0.2) is 0 Å². The van der Waals surface area contributed by atoms with Crippen LogP contribution in [0, 0.1) is 0 Å². The fraction of sp³-hybridized carbons (Fsp3) is 0.105. The Morgan fingerprint density at radius 1 is 1.11 bits per heavy atom. The lowest BCUT2D eigenvalue weighted by Gasteiger charge is -2.14. The van der Waals surface area contributed by atoms with Crippen molar-refractivity contribution in [3.8, 4) is 0 Å². The highest BCUT2D eigenvalue weighted by molar-refractivity contribution is 6.23. The molecule has 2 aromatic rings. The first kappa shape index (κ1) is 20.8. The highest BCUT2D eigenvalue weighted by Crippen LogP contribution is 2.31. The van der Waals surface area contributed by atoms with Crippen LogP contribution in [-0.2, 0) is 20.6 Å². The zero-order chi connectivity index (χ0) is 20.9. The molecule has 0 aromatic heterocycles. The molecular weight excluding hydrogens is 375 g/mol. The molecule has 0 saturated heterocycles. The zero-order valence-electron chi connectivity index (χ0n) is 14.7. The van der Waals surface area contributed by atoms with Crippen LogP contribution < -0.4 is 11.3 Å². The number of carbonyl (C=O) groups excluding carboxylic acids is 2. The number of rotatable bonds is 5. The number of nitrogens with zero attached hydrogens (tertiary/aromatic N) is 1. The Kier molecular flexibility index (Phi) is 6.32. The Bertz CT molecular complexity index is 953. The van der Waals surface area contributed by atoms with Gasteiger partial charge in [0.05, 0.1) is 5.56 Å². The molecule has 0 aliphatic rings. The smallest absolute Gasteiger partial charge is 0.318 e. The van der Waals surface area contributed by atoms with Gasteiger partial charge in [-0.25, -0.2) is 10.6 Å². The summed E-state index contributed by atoms with van der Waals surface area (Å²) in [6.07, 6.45) is -4.58. The Morgan fingerprint density at radius 3 is 2.32 bits per heavy atom. The summed E-state index contributed by atoms with van der Waals surface area (Å²) in [4.78, 5) is 27.7. The molecule has 146 valence electrons. The van der Waals surface area contributed by atoms with E-state index in [-0.39, 0.29) is 28.0 Å². The molecule has 0 fully saturated rings. The molecule has 0 saturated carbocycles. The van der Waals surface area contributed by atoms with Crippen LogP contribution in [-0.4, -0.2) is 17.6 Å². The molecule has 0 aliphatic heterocycles. The van der Waals surface area contributed by atoms with Crippen molar-refractivity contribution in [2.75, 3.05) is 0 Å². The molecule has 2 aromatic carbocycles. The second-order valence-electron chi connectivity index (χ2n) is 5.60. The van der Waals surface area contributed by atoms with Crippen molar-refractivity contribution in [1.29, 1.82) is 0 Å². The lowest BCUT2D eigenvalue weighted by atomic mass is 9.93. The summed E-state index contributed by atoms with van der Waals surface area (Å²) in [5.41, 5.74) is 1.43. The fourth-order valence-corrected chi connectivity index (χ4v) is 2.37. The molecule has 2 rings (SSSR count). The minimum atomic E-state index is -4.58. The molecule has 0 aliphatic carbocycles. The van der Waals surface area contributed by atoms with Crippen LogP contribution in [0.5, 0.6) is 0 Å².